The molecule has 0 radical (unpaired) electrons. The molecule has 0 bridgehead atoms. The molecule has 0 aliphatic rings. The second-order valence-corrected chi connectivity index (χ2v) is 2.91. The minimum absolute atomic E-state index is 0. The quantitative estimate of drug-likeness (QED) is 0.355. The van der Waals surface area contributed by atoms with Crippen LogP contribution in [0.15, 0.2) is 36.5 Å². The number of aliphatic carboxylic acids is 6. The summed E-state index contributed by atoms with van der Waals surface area (Å²) in [5, 5.41) is 56.5. The van der Waals surface area contributed by atoms with Crippen LogP contribution in [0.5, 0.6) is 0 Å². The van der Waals surface area contributed by atoms with Crippen molar-refractivity contribution >= 4 is 35.8 Å². The van der Waals surface area contributed by atoms with Gasteiger partial charge in [-0.1, -0.05) is 0 Å². The molecule has 0 atom stereocenters. The molecule has 0 rings (SSSR count). The molecule has 0 fully saturated rings. The first kappa shape index (κ1) is 35.0. The van der Waals surface area contributed by atoms with Crippen LogP contribution in [0.25, 0.3) is 0 Å². The molecule has 0 saturated carbocycles. The summed E-state index contributed by atoms with van der Waals surface area (Å²) < 4.78 is 0. The second kappa shape index (κ2) is 22.8. The van der Waals surface area contributed by atoms with Crippen molar-refractivity contribution in [3.63, 3.8) is 0 Å². The van der Waals surface area contributed by atoms with E-state index in [1.807, 2.05) is 0 Å². The van der Waals surface area contributed by atoms with Gasteiger partial charge in [0.25, 0.3) is 0 Å². The molecule has 0 saturated heterocycles. The van der Waals surface area contributed by atoms with Gasteiger partial charge in [0.15, 0.2) is 0 Å². The third kappa shape index (κ3) is 57.6. The zero-order chi connectivity index (χ0) is 19.7. The summed E-state index contributed by atoms with van der Waals surface area (Å²) in [7, 11) is 0. The van der Waals surface area contributed by atoms with Crippen LogP contribution in [-0.4, -0.2) is 35.8 Å². The molecule has 0 heterocycles. The number of carbonyl (C=O) groups excluding carboxylic acids is 6. The summed E-state index contributed by atoms with van der Waals surface area (Å²) in [6, 6.07) is 0. The predicted octanol–water partition coefficient (Wildman–Crippen LogP) is -8.88. The largest absolute Gasteiger partial charge is 3.00 e. The Labute approximate surface area is 182 Å². The Balaban J connectivity index is -0.0000000817. The Morgan fingerprint density at radius 2 is 0.423 bits per heavy atom. The average molecular weight is 432 g/mol. The van der Waals surface area contributed by atoms with Gasteiger partial charge in [-0.25, -0.2) is 0 Å². The second-order valence-electron chi connectivity index (χ2n) is 2.91. The van der Waals surface area contributed by atoms with Crippen LogP contribution in [0.1, 0.15) is 0 Å². The Bertz CT molecular complexity index is 448. The average Bonchev–Trinajstić information content (AvgIpc) is 2.42. The molecule has 0 aromatic rings. The van der Waals surface area contributed by atoms with Crippen molar-refractivity contribution in [2.75, 3.05) is 0 Å². The zero-order valence-electron chi connectivity index (χ0n) is 12.5. The van der Waals surface area contributed by atoms with E-state index in [0.29, 0.717) is 36.5 Å². The maximum atomic E-state index is 9.41. The van der Waals surface area contributed by atoms with Crippen LogP contribution >= 0.6 is 0 Å². The van der Waals surface area contributed by atoms with Crippen molar-refractivity contribution in [2.24, 2.45) is 0 Å². The van der Waals surface area contributed by atoms with E-state index in [4.69, 9.17) is 0 Å². The van der Waals surface area contributed by atoms with Crippen molar-refractivity contribution < 1.29 is 111 Å². The van der Waals surface area contributed by atoms with E-state index in [2.05, 4.69) is 0 Å². The summed E-state index contributed by atoms with van der Waals surface area (Å²) >= 11 is 0. The number of hydrogen-bond acceptors (Lipinski definition) is 12. The number of hydrogen-bond donors (Lipinski definition) is 0. The fourth-order valence-electron chi connectivity index (χ4n) is 0.408. The number of carboxylic acid groups (broad SMARTS) is 6. The molecule has 26 heavy (non-hydrogen) atoms. The summed E-state index contributed by atoms with van der Waals surface area (Å²) in [5.41, 5.74) is 0. The Hall–Kier alpha value is -2.22. The van der Waals surface area contributed by atoms with Gasteiger partial charge in [-0.3, -0.25) is 0 Å². The van der Waals surface area contributed by atoms with Gasteiger partial charge in [0.05, 0.1) is 35.8 Å². The third-order valence-electron chi connectivity index (χ3n) is 1.07. The van der Waals surface area contributed by atoms with Crippen molar-refractivity contribution in [1.82, 2.24) is 0 Å². The van der Waals surface area contributed by atoms with E-state index >= 15 is 0 Å². The third-order valence-corrected chi connectivity index (χ3v) is 1.07. The van der Waals surface area contributed by atoms with Crippen molar-refractivity contribution in [3.05, 3.63) is 36.5 Å². The van der Waals surface area contributed by atoms with Gasteiger partial charge < -0.3 is 59.4 Å². The molecular weight excluding hydrogens is 426 g/mol. The van der Waals surface area contributed by atoms with Gasteiger partial charge in [-0.2, -0.15) is 0 Å². The SMILES string of the molecule is O=C([O-])/C=C/C(=O)[O-].O=C([O-])/C=C/C(=O)[O-].O=C([O-])/C=C/C(=O)[O-].[Sc+3].[Sc+3]. The van der Waals surface area contributed by atoms with E-state index in [0.717, 1.165) is 0 Å². The van der Waals surface area contributed by atoms with Crippen molar-refractivity contribution in [1.29, 1.82) is 0 Å². The summed E-state index contributed by atoms with van der Waals surface area (Å²) in [4.78, 5) is 56.5. The molecule has 0 N–H and O–H groups in total. The zero-order valence-corrected chi connectivity index (χ0v) is 16.1. The molecule has 14 heteroatoms. The van der Waals surface area contributed by atoms with E-state index in [9.17, 15) is 59.4 Å². The normalized spacial score (nSPS) is 8.77. The fraction of sp³-hybridized carbons (Fsp3) is 0. The molecule has 0 aromatic carbocycles. The first-order valence-corrected chi connectivity index (χ1v) is 5.18. The molecule has 0 unspecified atom stereocenters. The minimum Gasteiger partial charge on any atom is -0.545 e. The molecule has 12 nitrogen and oxygen atoms in total. The molecule has 0 aliphatic heterocycles. The summed E-state index contributed by atoms with van der Waals surface area (Å²) in [5.74, 6) is -9.28. The van der Waals surface area contributed by atoms with E-state index in [-0.39, 0.29) is 51.7 Å². The maximum absolute atomic E-state index is 9.41. The topological polar surface area (TPSA) is 241 Å². The molecule has 0 spiro atoms. The minimum atomic E-state index is -1.55. The van der Waals surface area contributed by atoms with Gasteiger partial charge in [0.1, 0.15) is 0 Å². The first-order valence-electron chi connectivity index (χ1n) is 5.18. The van der Waals surface area contributed by atoms with Crippen LogP contribution in [0, 0.1) is 0 Å². The summed E-state index contributed by atoms with van der Waals surface area (Å²) in [6.45, 7) is 0. The molecule has 0 aliphatic carbocycles. The van der Waals surface area contributed by atoms with E-state index < -0.39 is 35.8 Å². The Kier molecular flexibility index (Phi) is 30.7. The van der Waals surface area contributed by atoms with Gasteiger partial charge >= 0.3 is 51.7 Å². The molecule has 132 valence electrons. The van der Waals surface area contributed by atoms with Crippen LogP contribution < -0.4 is 30.6 Å². The number of rotatable bonds is 6. The molecular formula is C12H6O12Sc2. The molecule has 0 amide bonds. The smallest absolute Gasteiger partial charge is 0.545 e. The number of carbonyl (C=O) groups is 6. The fourth-order valence-corrected chi connectivity index (χ4v) is 0.408. The van der Waals surface area contributed by atoms with Gasteiger partial charge in [-0.15, -0.1) is 0 Å². The van der Waals surface area contributed by atoms with Crippen LogP contribution in [-0.2, 0) is 80.5 Å². The molecule has 0 aromatic heterocycles. The van der Waals surface area contributed by atoms with Crippen LogP contribution in [0.3, 0.4) is 0 Å². The van der Waals surface area contributed by atoms with Gasteiger partial charge in [-0.05, 0) is 36.5 Å². The van der Waals surface area contributed by atoms with Crippen LogP contribution in [0.4, 0.5) is 0 Å². The predicted molar refractivity (Wildman–Crippen MR) is 57.5 cm³/mol. The van der Waals surface area contributed by atoms with Gasteiger partial charge in [0, 0.05) is 0 Å². The van der Waals surface area contributed by atoms with Crippen molar-refractivity contribution in [3.8, 4) is 0 Å². The summed E-state index contributed by atoms with van der Waals surface area (Å²) in [6.07, 6.45) is 2.31. The van der Waals surface area contributed by atoms with E-state index in [1.165, 1.54) is 0 Å². The van der Waals surface area contributed by atoms with Gasteiger partial charge in [0.2, 0.25) is 0 Å². The number of carboxylic acids is 6. The maximum Gasteiger partial charge on any atom is 3.00 e. The van der Waals surface area contributed by atoms with Crippen LogP contribution in [0.2, 0.25) is 0 Å². The first-order chi connectivity index (χ1) is 10.9. The monoisotopic (exact) mass is 432 g/mol. The Morgan fingerprint density at radius 3 is 0.462 bits per heavy atom. The Morgan fingerprint density at radius 1 is 0.346 bits per heavy atom. The standard InChI is InChI=1S/3C4H4O4.2Sc/c3*5-3(6)1-2-4(7)8;;/h3*1-2H,(H,5,6)(H,7,8);;/q;;;2*+3/p-6/b3*2-1+;;. The van der Waals surface area contributed by atoms with Crippen molar-refractivity contribution in [2.45, 2.75) is 0 Å². The van der Waals surface area contributed by atoms with E-state index in [1.54, 1.807) is 0 Å².